The highest BCUT2D eigenvalue weighted by molar-refractivity contribution is 5.66. The Bertz CT molecular complexity index is 386. The maximum absolute atomic E-state index is 11.2. The Balaban J connectivity index is 3.01. The van der Waals surface area contributed by atoms with Crippen molar-refractivity contribution < 1.29 is 9.90 Å². The normalized spacial score (nSPS) is 11.5. The van der Waals surface area contributed by atoms with Gasteiger partial charge in [-0.15, -0.1) is 13.2 Å². The van der Waals surface area contributed by atoms with Crippen LogP contribution < -0.4 is 0 Å². The van der Waals surface area contributed by atoms with E-state index in [-0.39, 0.29) is 6.04 Å². The highest BCUT2D eigenvalue weighted by atomic mass is 16.4. The first-order valence-corrected chi connectivity index (χ1v) is 5.47. The highest BCUT2D eigenvalue weighted by Crippen LogP contribution is 2.24. The molecule has 17 heavy (non-hydrogen) atoms. The number of amides is 1. The van der Waals surface area contributed by atoms with Gasteiger partial charge < -0.3 is 5.11 Å². The van der Waals surface area contributed by atoms with Crippen LogP contribution in [0.4, 0.5) is 4.79 Å². The zero-order valence-corrected chi connectivity index (χ0v) is 9.75. The summed E-state index contributed by atoms with van der Waals surface area (Å²) < 4.78 is 0. The minimum Gasteiger partial charge on any atom is -0.465 e. The van der Waals surface area contributed by atoms with Gasteiger partial charge in [-0.2, -0.15) is 0 Å². The smallest absolute Gasteiger partial charge is 0.408 e. The number of hydrogen-bond acceptors (Lipinski definition) is 1. The zero-order chi connectivity index (χ0) is 12.7. The molecular weight excluding hydrogens is 214 g/mol. The lowest BCUT2D eigenvalue weighted by atomic mass is 10.0. The van der Waals surface area contributed by atoms with Crippen LogP contribution in [-0.4, -0.2) is 22.6 Å². The molecule has 90 valence electrons. The molecule has 0 saturated carbocycles. The van der Waals surface area contributed by atoms with Crippen molar-refractivity contribution in [1.29, 1.82) is 0 Å². The SMILES string of the molecule is C=CCC(c1ccccc1)N(CC=C)C(=O)O. The van der Waals surface area contributed by atoms with E-state index in [2.05, 4.69) is 13.2 Å². The fourth-order valence-corrected chi connectivity index (χ4v) is 1.75. The lowest BCUT2D eigenvalue weighted by molar-refractivity contribution is 0.131. The van der Waals surface area contributed by atoms with Crippen LogP contribution in [0.3, 0.4) is 0 Å². The lowest BCUT2D eigenvalue weighted by Gasteiger charge is -2.28. The van der Waals surface area contributed by atoms with Gasteiger partial charge in [0.1, 0.15) is 0 Å². The second-order valence-electron chi connectivity index (χ2n) is 3.67. The van der Waals surface area contributed by atoms with Gasteiger partial charge in [0.25, 0.3) is 0 Å². The number of carboxylic acid groups (broad SMARTS) is 1. The summed E-state index contributed by atoms with van der Waals surface area (Å²) in [7, 11) is 0. The summed E-state index contributed by atoms with van der Waals surface area (Å²) in [5.41, 5.74) is 0.969. The van der Waals surface area contributed by atoms with Crippen LogP contribution in [0.1, 0.15) is 18.0 Å². The Labute approximate surface area is 102 Å². The van der Waals surface area contributed by atoms with Gasteiger partial charge in [0.05, 0.1) is 6.04 Å². The summed E-state index contributed by atoms with van der Waals surface area (Å²) in [5, 5.41) is 9.21. The Hall–Kier alpha value is -2.03. The van der Waals surface area contributed by atoms with E-state index in [4.69, 9.17) is 0 Å². The Morgan fingerprint density at radius 2 is 1.94 bits per heavy atom. The highest BCUT2D eigenvalue weighted by Gasteiger charge is 2.22. The van der Waals surface area contributed by atoms with Gasteiger partial charge in [-0.3, -0.25) is 4.90 Å². The molecule has 0 heterocycles. The predicted molar refractivity (Wildman–Crippen MR) is 68.9 cm³/mol. The number of benzene rings is 1. The minimum absolute atomic E-state index is 0.204. The summed E-state index contributed by atoms with van der Waals surface area (Å²) in [6, 6.07) is 9.36. The third-order valence-corrected chi connectivity index (χ3v) is 2.52. The van der Waals surface area contributed by atoms with E-state index in [1.807, 2.05) is 30.3 Å². The first-order chi connectivity index (χ1) is 8.20. The summed E-state index contributed by atoms with van der Waals surface area (Å²) in [5.74, 6) is 0. The van der Waals surface area contributed by atoms with Crippen LogP contribution in [0.25, 0.3) is 0 Å². The van der Waals surface area contributed by atoms with Crippen LogP contribution in [0.15, 0.2) is 55.6 Å². The van der Waals surface area contributed by atoms with Crippen molar-refractivity contribution >= 4 is 6.09 Å². The Kier molecular flexibility index (Phi) is 5.01. The van der Waals surface area contributed by atoms with Crippen molar-refractivity contribution in [2.45, 2.75) is 12.5 Å². The molecule has 0 fully saturated rings. The number of hydrogen-bond donors (Lipinski definition) is 1. The van der Waals surface area contributed by atoms with Gasteiger partial charge >= 0.3 is 6.09 Å². The average molecular weight is 231 g/mol. The molecule has 1 aromatic carbocycles. The molecule has 0 saturated heterocycles. The molecule has 1 amide bonds. The molecule has 0 spiro atoms. The van der Waals surface area contributed by atoms with Crippen LogP contribution >= 0.6 is 0 Å². The topological polar surface area (TPSA) is 40.5 Å². The molecule has 1 atom stereocenters. The van der Waals surface area contributed by atoms with Crippen molar-refractivity contribution in [2.75, 3.05) is 6.54 Å². The lowest BCUT2D eigenvalue weighted by Crippen LogP contribution is -2.33. The van der Waals surface area contributed by atoms with Crippen LogP contribution in [0.2, 0.25) is 0 Å². The molecule has 1 unspecified atom stereocenters. The van der Waals surface area contributed by atoms with E-state index in [0.717, 1.165) is 5.56 Å². The van der Waals surface area contributed by atoms with Crippen molar-refractivity contribution in [3.05, 3.63) is 61.2 Å². The van der Waals surface area contributed by atoms with Crippen molar-refractivity contribution in [2.24, 2.45) is 0 Å². The van der Waals surface area contributed by atoms with Gasteiger partial charge in [0.15, 0.2) is 0 Å². The van der Waals surface area contributed by atoms with E-state index in [1.54, 1.807) is 12.2 Å². The second-order valence-corrected chi connectivity index (χ2v) is 3.67. The molecule has 0 aliphatic carbocycles. The van der Waals surface area contributed by atoms with Gasteiger partial charge in [0.2, 0.25) is 0 Å². The molecule has 0 radical (unpaired) electrons. The fraction of sp³-hybridized carbons (Fsp3) is 0.214. The van der Waals surface area contributed by atoms with E-state index in [9.17, 15) is 9.90 Å². The summed E-state index contributed by atoms with van der Waals surface area (Å²) in [4.78, 5) is 12.6. The molecule has 3 nitrogen and oxygen atoms in total. The standard InChI is InChI=1S/C14H17NO2/c1-3-8-13(12-9-6-5-7-10-12)15(11-4-2)14(16)17/h3-7,9-10,13H,1-2,8,11H2,(H,16,17). The zero-order valence-electron chi connectivity index (χ0n) is 9.75. The van der Waals surface area contributed by atoms with E-state index >= 15 is 0 Å². The monoisotopic (exact) mass is 231 g/mol. The molecular formula is C14H17NO2. The molecule has 0 aliphatic heterocycles. The van der Waals surface area contributed by atoms with E-state index in [1.165, 1.54) is 4.90 Å². The molecule has 0 aliphatic rings. The van der Waals surface area contributed by atoms with Crippen molar-refractivity contribution in [1.82, 2.24) is 4.90 Å². The third-order valence-electron chi connectivity index (χ3n) is 2.52. The largest absolute Gasteiger partial charge is 0.465 e. The molecule has 1 N–H and O–H groups in total. The van der Waals surface area contributed by atoms with E-state index < -0.39 is 6.09 Å². The maximum atomic E-state index is 11.2. The van der Waals surface area contributed by atoms with Crippen molar-refractivity contribution in [3.63, 3.8) is 0 Å². The molecule has 0 bridgehead atoms. The van der Waals surface area contributed by atoms with E-state index in [0.29, 0.717) is 13.0 Å². The third kappa shape index (κ3) is 3.48. The predicted octanol–water partition coefficient (Wildman–Crippen LogP) is 3.47. The van der Waals surface area contributed by atoms with Crippen LogP contribution in [0, 0.1) is 0 Å². The molecule has 0 aromatic heterocycles. The number of carbonyl (C=O) groups is 1. The molecule has 1 aromatic rings. The molecule has 1 rings (SSSR count). The van der Waals surface area contributed by atoms with Gasteiger partial charge in [-0.25, -0.2) is 4.79 Å². The number of rotatable bonds is 6. The van der Waals surface area contributed by atoms with Gasteiger partial charge in [0, 0.05) is 6.54 Å². The summed E-state index contributed by atoms with van der Waals surface area (Å²) in [6.45, 7) is 7.58. The maximum Gasteiger partial charge on any atom is 0.408 e. The fourth-order valence-electron chi connectivity index (χ4n) is 1.75. The number of nitrogens with zero attached hydrogens (tertiary/aromatic N) is 1. The molecule has 3 heteroatoms. The second kappa shape index (κ2) is 6.53. The van der Waals surface area contributed by atoms with Crippen LogP contribution in [0.5, 0.6) is 0 Å². The van der Waals surface area contributed by atoms with Gasteiger partial charge in [-0.1, -0.05) is 42.5 Å². The quantitative estimate of drug-likeness (QED) is 0.761. The van der Waals surface area contributed by atoms with Crippen LogP contribution in [-0.2, 0) is 0 Å². The van der Waals surface area contributed by atoms with Crippen molar-refractivity contribution in [3.8, 4) is 0 Å². The first-order valence-electron chi connectivity index (χ1n) is 5.47. The summed E-state index contributed by atoms with van der Waals surface area (Å²) in [6.07, 6.45) is 2.97. The first kappa shape index (κ1) is 13.0. The minimum atomic E-state index is -0.944. The van der Waals surface area contributed by atoms with Gasteiger partial charge in [-0.05, 0) is 12.0 Å². The summed E-state index contributed by atoms with van der Waals surface area (Å²) >= 11 is 0. The Morgan fingerprint density at radius 1 is 1.29 bits per heavy atom. The Morgan fingerprint density at radius 3 is 2.41 bits per heavy atom. The average Bonchev–Trinajstić information content (AvgIpc) is 2.34.